The van der Waals surface area contributed by atoms with Crippen molar-refractivity contribution in [3.05, 3.63) is 64.7 Å². The molecule has 1 N–H and O–H groups in total. The van der Waals surface area contributed by atoms with Gasteiger partial charge in [-0.25, -0.2) is 0 Å². The third-order valence-electron chi connectivity index (χ3n) is 4.75. The molecule has 0 aromatic heterocycles. The maximum atomic E-state index is 12.5. The summed E-state index contributed by atoms with van der Waals surface area (Å²) in [6.45, 7) is 3.58. The van der Waals surface area contributed by atoms with Crippen LogP contribution in [0.3, 0.4) is 0 Å². The summed E-state index contributed by atoms with van der Waals surface area (Å²) in [7, 11) is 1.67. The second-order valence-electron chi connectivity index (χ2n) is 6.51. The number of hydrogen-bond acceptors (Lipinski definition) is 4. The van der Waals surface area contributed by atoms with Gasteiger partial charge >= 0.3 is 0 Å². The Kier molecular flexibility index (Phi) is 7.10. The Bertz CT molecular complexity index is 745. The van der Waals surface area contributed by atoms with E-state index in [0.29, 0.717) is 31.2 Å². The molecule has 0 radical (unpaired) electrons. The first-order chi connectivity index (χ1) is 13.2. The van der Waals surface area contributed by atoms with Crippen molar-refractivity contribution < 1.29 is 14.3 Å². The van der Waals surface area contributed by atoms with E-state index in [9.17, 15) is 4.79 Å². The normalized spacial score (nSPS) is 15.9. The average Bonchev–Trinajstić information content (AvgIpc) is 2.71. The van der Waals surface area contributed by atoms with Crippen LogP contribution in [0.5, 0.6) is 5.75 Å². The molecule has 1 atom stereocenters. The van der Waals surface area contributed by atoms with Gasteiger partial charge in [0.2, 0.25) is 5.91 Å². The second-order valence-corrected chi connectivity index (χ2v) is 6.95. The molecule has 1 aliphatic rings. The highest BCUT2D eigenvalue weighted by atomic mass is 35.5. The zero-order valence-electron chi connectivity index (χ0n) is 15.5. The quantitative estimate of drug-likeness (QED) is 0.792. The van der Waals surface area contributed by atoms with Gasteiger partial charge in [-0.3, -0.25) is 9.69 Å². The monoisotopic (exact) mass is 388 g/mol. The highest BCUT2D eigenvalue weighted by molar-refractivity contribution is 6.30. The number of rotatable bonds is 7. The van der Waals surface area contributed by atoms with Crippen molar-refractivity contribution in [2.24, 2.45) is 0 Å². The van der Waals surface area contributed by atoms with E-state index in [1.807, 2.05) is 30.3 Å². The second kappa shape index (κ2) is 9.74. The Morgan fingerprint density at radius 2 is 1.89 bits per heavy atom. The average molecular weight is 389 g/mol. The van der Waals surface area contributed by atoms with Crippen molar-refractivity contribution in [1.29, 1.82) is 0 Å². The van der Waals surface area contributed by atoms with Gasteiger partial charge in [-0.15, -0.1) is 0 Å². The van der Waals surface area contributed by atoms with Crippen molar-refractivity contribution in [2.45, 2.75) is 12.5 Å². The molecule has 0 saturated carbocycles. The summed E-state index contributed by atoms with van der Waals surface area (Å²) in [6, 6.07) is 15.4. The molecule has 5 nitrogen and oxygen atoms in total. The van der Waals surface area contributed by atoms with Gasteiger partial charge in [-0.2, -0.15) is 0 Å². The van der Waals surface area contributed by atoms with Crippen LogP contribution in [0, 0.1) is 0 Å². The number of nitrogens with zero attached hydrogens (tertiary/aromatic N) is 1. The first-order valence-corrected chi connectivity index (χ1v) is 9.51. The van der Waals surface area contributed by atoms with Gasteiger partial charge in [-0.1, -0.05) is 41.9 Å². The number of ether oxygens (including phenoxy) is 2. The largest absolute Gasteiger partial charge is 0.496 e. The van der Waals surface area contributed by atoms with Crippen LogP contribution in [0.1, 0.15) is 17.2 Å². The maximum absolute atomic E-state index is 12.5. The summed E-state index contributed by atoms with van der Waals surface area (Å²) in [5, 5.41) is 3.75. The molecule has 2 aromatic rings. The molecule has 27 heavy (non-hydrogen) atoms. The number of hydrogen-bond donors (Lipinski definition) is 1. The Morgan fingerprint density at radius 3 is 2.59 bits per heavy atom. The van der Waals surface area contributed by atoms with Gasteiger partial charge < -0.3 is 14.8 Å². The third kappa shape index (κ3) is 5.45. The Balaban J connectivity index is 1.69. The van der Waals surface area contributed by atoms with Crippen LogP contribution in [0.4, 0.5) is 0 Å². The van der Waals surface area contributed by atoms with Gasteiger partial charge in [0, 0.05) is 30.2 Å². The number of halogens is 1. The van der Waals surface area contributed by atoms with Gasteiger partial charge in [0.15, 0.2) is 0 Å². The minimum absolute atomic E-state index is 0.00881. The van der Waals surface area contributed by atoms with Crippen LogP contribution in [-0.4, -0.2) is 50.8 Å². The van der Waals surface area contributed by atoms with Gasteiger partial charge in [0.25, 0.3) is 0 Å². The van der Waals surface area contributed by atoms with Crippen molar-refractivity contribution >= 4 is 17.5 Å². The standard InChI is InChI=1S/C21H25ClN2O3/c1-26-20-5-3-2-4-18(20)19(24-10-12-27-13-11-24)15-23-21(25)14-16-6-8-17(22)9-7-16/h2-9,19H,10-15H2,1H3,(H,23,25). The summed E-state index contributed by atoms with van der Waals surface area (Å²) in [6.07, 6.45) is 0.332. The molecule has 2 aromatic carbocycles. The zero-order valence-corrected chi connectivity index (χ0v) is 16.2. The van der Waals surface area contributed by atoms with E-state index < -0.39 is 0 Å². The van der Waals surface area contributed by atoms with Crippen LogP contribution < -0.4 is 10.1 Å². The molecule has 1 amide bonds. The molecular formula is C21H25ClN2O3. The maximum Gasteiger partial charge on any atom is 0.224 e. The number of carbonyl (C=O) groups is 1. The molecule has 1 fully saturated rings. The van der Waals surface area contributed by atoms with E-state index in [2.05, 4.69) is 16.3 Å². The molecule has 1 saturated heterocycles. The van der Waals surface area contributed by atoms with Crippen LogP contribution in [0.15, 0.2) is 48.5 Å². The molecule has 3 rings (SSSR count). The molecule has 6 heteroatoms. The van der Waals surface area contributed by atoms with E-state index in [4.69, 9.17) is 21.1 Å². The molecule has 144 valence electrons. The zero-order chi connectivity index (χ0) is 19.1. The highest BCUT2D eigenvalue weighted by Gasteiger charge is 2.25. The lowest BCUT2D eigenvalue weighted by Crippen LogP contribution is -2.44. The van der Waals surface area contributed by atoms with Crippen molar-refractivity contribution in [1.82, 2.24) is 10.2 Å². The van der Waals surface area contributed by atoms with E-state index in [0.717, 1.165) is 30.0 Å². The smallest absolute Gasteiger partial charge is 0.224 e. The molecule has 0 bridgehead atoms. The molecule has 1 unspecified atom stereocenters. The van der Waals surface area contributed by atoms with Crippen LogP contribution in [0.25, 0.3) is 0 Å². The van der Waals surface area contributed by atoms with Crippen LogP contribution in [-0.2, 0) is 16.0 Å². The molecular weight excluding hydrogens is 364 g/mol. The van der Waals surface area contributed by atoms with Crippen molar-refractivity contribution in [2.75, 3.05) is 40.0 Å². The van der Waals surface area contributed by atoms with Gasteiger partial charge in [0.05, 0.1) is 32.8 Å². The topological polar surface area (TPSA) is 50.8 Å². The van der Waals surface area contributed by atoms with E-state index in [-0.39, 0.29) is 11.9 Å². The van der Waals surface area contributed by atoms with Crippen LogP contribution in [0.2, 0.25) is 5.02 Å². The Morgan fingerprint density at radius 1 is 1.19 bits per heavy atom. The van der Waals surface area contributed by atoms with Gasteiger partial charge in [-0.05, 0) is 23.8 Å². The molecule has 1 heterocycles. The summed E-state index contributed by atoms with van der Waals surface area (Å²) in [4.78, 5) is 14.8. The number of nitrogens with one attached hydrogen (secondary N) is 1. The number of carbonyl (C=O) groups excluding carboxylic acids is 1. The number of methoxy groups -OCH3 is 1. The predicted octanol–water partition coefficient (Wildman–Crippen LogP) is 3.08. The summed E-state index contributed by atoms with van der Waals surface area (Å²) < 4.78 is 11.0. The van der Waals surface area contributed by atoms with Crippen molar-refractivity contribution in [3.8, 4) is 5.75 Å². The Hall–Kier alpha value is -2.08. The first-order valence-electron chi connectivity index (χ1n) is 9.13. The first kappa shape index (κ1) is 19.7. The number of benzene rings is 2. The number of para-hydroxylation sites is 1. The number of amides is 1. The fourth-order valence-corrected chi connectivity index (χ4v) is 3.45. The molecule has 0 aliphatic carbocycles. The lowest BCUT2D eigenvalue weighted by molar-refractivity contribution is -0.120. The summed E-state index contributed by atoms with van der Waals surface area (Å²) in [5.41, 5.74) is 2.02. The Labute approximate surface area is 165 Å². The van der Waals surface area contributed by atoms with E-state index in [1.54, 1.807) is 19.2 Å². The summed E-state index contributed by atoms with van der Waals surface area (Å²) >= 11 is 5.91. The lowest BCUT2D eigenvalue weighted by Gasteiger charge is -2.35. The fraction of sp³-hybridized carbons (Fsp3) is 0.381. The van der Waals surface area contributed by atoms with Gasteiger partial charge in [0.1, 0.15) is 5.75 Å². The predicted molar refractivity (Wildman–Crippen MR) is 106 cm³/mol. The van der Waals surface area contributed by atoms with E-state index in [1.165, 1.54) is 0 Å². The number of morpholine rings is 1. The summed E-state index contributed by atoms with van der Waals surface area (Å²) in [5.74, 6) is 0.825. The lowest BCUT2D eigenvalue weighted by atomic mass is 10.0. The minimum Gasteiger partial charge on any atom is -0.496 e. The SMILES string of the molecule is COc1ccccc1C(CNC(=O)Cc1ccc(Cl)cc1)N1CCOCC1. The van der Waals surface area contributed by atoms with Crippen molar-refractivity contribution in [3.63, 3.8) is 0 Å². The molecule has 1 aliphatic heterocycles. The van der Waals surface area contributed by atoms with Crippen LogP contribution >= 0.6 is 11.6 Å². The third-order valence-corrected chi connectivity index (χ3v) is 5.01. The molecule has 0 spiro atoms. The fourth-order valence-electron chi connectivity index (χ4n) is 3.33. The highest BCUT2D eigenvalue weighted by Crippen LogP contribution is 2.29. The minimum atomic E-state index is -0.00881. The van der Waals surface area contributed by atoms with E-state index >= 15 is 0 Å².